The highest BCUT2D eigenvalue weighted by Crippen LogP contribution is 2.26. The zero-order valence-electron chi connectivity index (χ0n) is 11.6. The smallest absolute Gasteiger partial charge is 0.255 e. The van der Waals surface area contributed by atoms with E-state index in [1.165, 1.54) is 6.33 Å². The van der Waals surface area contributed by atoms with Gasteiger partial charge in [0.1, 0.15) is 0 Å². The normalized spacial score (nSPS) is 13.8. The molecule has 2 heterocycles. The van der Waals surface area contributed by atoms with Gasteiger partial charge in [-0.05, 0) is 11.6 Å². The Bertz CT molecular complexity index is 789. The second-order valence-corrected chi connectivity index (χ2v) is 5.90. The zero-order chi connectivity index (χ0) is 15.7. The Morgan fingerprint density at radius 3 is 3.00 bits per heavy atom. The van der Waals surface area contributed by atoms with Gasteiger partial charge in [-0.25, -0.2) is 4.98 Å². The van der Waals surface area contributed by atoms with E-state index < -0.39 is 0 Å². The number of hydrogen-bond acceptors (Lipinski definition) is 3. The molecule has 3 rings (SSSR count). The van der Waals surface area contributed by atoms with Crippen LogP contribution in [-0.4, -0.2) is 27.3 Å². The molecular weight excluding hydrogens is 325 g/mol. The van der Waals surface area contributed by atoms with Crippen molar-refractivity contribution in [1.29, 1.82) is 0 Å². The van der Waals surface area contributed by atoms with Crippen LogP contribution in [0.5, 0.6) is 0 Å². The van der Waals surface area contributed by atoms with E-state index >= 15 is 0 Å². The fraction of sp³-hybridized carbons (Fsp3) is 0.267. The van der Waals surface area contributed by atoms with Gasteiger partial charge in [0, 0.05) is 13.0 Å². The van der Waals surface area contributed by atoms with Crippen molar-refractivity contribution in [1.82, 2.24) is 14.9 Å². The number of benzene rings is 1. The first kappa shape index (κ1) is 15.1. The van der Waals surface area contributed by atoms with Crippen molar-refractivity contribution in [2.75, 3.05) is 6.54 Å². The van der Waals surface area contributed by atoms with E-state index in [1.807, 2.05) is 0 Å². The fourth-order valence-electron chi connectivity index (χ4n) is 2.53. The molecule has 1 aliphatic rings. The molecular formula is C15H13Cl2N3O2. The van der Waals surface area contributed by atoms with Crippen molar-refractivity contribution < 1.29 is 4.79 Å². The molecule has 114 valence electrons. The molecule has 1 N–H and O–H groups in total. The highest BCUT2D eigenvalue weighted by atomic mass is 35.5. The number of aromatic nitrogens is 2. The summed E-state index contributed by atoms with van der Waals surface area (Å²) in [6.07, 6.45) is 2.13. The number of H-pyrrole nitrogens is 1. The average Bonchev–Trinajstić information content (AvgIpc) is 2.52. The van der Waals surface area contributed by atoms with Gasteiger partial charge in [-0.3, -0.25) is 9.59 Å². The van der Waals surface area contributed by atoms with Gasteiger partial charge >= 0.3 is 0 Å². The summed E-state index contributed by atoms with van der Waals surface area (Å²) in [6, 6.07) is 5.22. The fourth-order valence-corrected chi connectivity index (χ4v) is 2.91. The molecule has 5 nitrogen and oxygen atoms in total. The van der Waals surface area contributed by atoms with Crippen molar-refractivity contribution >= 4 is 29.1 Å². The Hall–Kier alpha value is -1.85. The van der Waals surface area contributed by atoms with Gasteiger partial charge in [0.25, 0.3) is 5.56 Å². The molecule has 0 saturated heterocycles. The van der Waals surface area contributed by atoms with Crippen LogP contribution in [0.1, 0.15) is 16.8 Å². The molecule has 1 amide bonds. The third-order valence-corrected chi connectivity index (χ3v) is 4.59. The van der Waals surface area contributed by atoms with E-state index in [2.05, 4.69) is 9.97 Å². The summed E-state index contributed by atoms with van der Waals surface area (Å²) >= 11 is 12.1. The van der Waals surface area contributed by atoms with Gasteiger partial charge in [0.15, 0.2) is 0 Å². The Morgan fingerprint density at radius 1 is 1.36 bits per heavy atom. The molecule has 0 saturated carbocycles. The molecule has 1 aliphatic heterocycles. The van der Waals surface area contributed by atoms with Gasteiger partial charge in [-0.1, -0.05) is 35.3 Å². The highest BCUT2D eigenvalue weighted by Gasteiger charge is 2.24. The van der Waals surface area contributed by atoms with Crippen LogP contribution in [0.25, 0.3) is 0 Å². The number of fused-ring (bicyclic) bond motifs is 1. The summed E-state index contributed by atoms with van der Waals surface area (Å²) in [7, 11) is 0. The lowest BCUT2D eigenvalue weighted by Gasteiger charge is -2.27. The summed E-state index contributed by atoms with van der Waals surface area (Å²) in [5.41, 5.74) is 1.81. The van der Waals surface area contributed by atoms with Crippen LogP contribution >= 0.6 is 23.2 Å². The molecule has 0 spiro atoms. The van der Waals surface area contributed by atoms with Crippen molar-refractivity contribution in [2.24, 2.45) is 0 Å². The summed E-state index contributed by atoms with van der Waals surface area (Å²) in [4.78, 5) is 32.6. The molecule has 22 heavy (non-hydrogen) atoms. The zero-order valence-corrected chi connectivity index (χ0v) is 13.1. The minimum absolute atomic E-state index is 0.0851. The predicted octanol–water partition coefficient (Wildman–Crippen LogP) is 2.20. The standard InChI is InChI=1S/C15H13Cl2N3O2/c16-11-3-1-2-9(14(11)17)6-13(21)20-5-4-12-10(7-20)15(22)19-8-18-12/h1-3,8H,4-7H2,(H,18,19,22). The van der Waals surface area contributed by atoms with Crippen LogP contribution in [0.3, 0.4) is 0 Å². The minimum atomic E-state index is -0.191. The molecule has 1 aromatic heterocycles. The topological polar surface area (TPSA) is 66.1 Å². The maximum absolute atomic E-state index is 12.4. The third-order valence-electron chi connectivity index (χ3n) is 3.73. The van der Waals surface area contributed by atoms with Crippen LogP contribution in [0.15, 0.2) is 29.3 Å². The van der Waals surface area contributed by atoms with Gasteiger partial charge in [-0.2, -0.15) is 0 Å². The van der Waals surface area contributed by atoms with Gasteiger partial charge in [0.2, 0.25) is 5.91 Å². The first-order chi connectivity index (χ1) is 10.6. The van der Waals surface area contributed by atoms with Gasteiger partial charge in [-0.15, -0.1) is 0 Å². The van der Waals surface area contributed by atoms with Crippen molar-refractivity contribution in [3.8, 4) is 0 Å². The summed E-state index contributed by atoms with van der Waals surface area (Å²) < 4.78 is 0. The van der Waals surface area contributed by atoms with E-state index in [0.29, 0.717) is 34.1 Å². The third kappa shape index (κ3) is 2.87. The number of rotatable bonds is 2. The monoisotopic (exact) mass is 337 g/mol. The van der Waals surface area contributed by atoms with E-state index in [1.54, 1.807) is 23.1 Å². The molecule has 0 bridgehead atoms. The summed E-state index contributed by atoms with van der Waals surface area (Å²) in [5.74, 6) is -0.0851. The average molecular weight is 338 g/mol. The largest absolute Gasteiger partial charge is 0.337 e. The number of nitrogens with one attached hydrogen (secondary N) is 1. The first-order valence-corrected chi connectivity index (χ1v) is 7.58. The predicted molar refractivity (Wildman–Crippen MR) is 84.1 cm³/mol. The minimum Gasteiger partial charge on any atom is -0.337 e. The molecule has 0 aliphatic carbocycles. The molecule has 0 fully saturated rings. The molecule has 2 aromatic rings. The van der Waals surface area contributed by atoms with Crippen LogP contribution < -0.4 is 5.56 Å². The summed E-state index contributed by atoms with van der Waals surface area (Å²) in [6.45, 7) is 0.815. The van der Waals surface area contributed by atoms with E-state index in [-0.39, 0.29) is 24.4 Å². The second kappa shape index (κ2) is 6.10. The van der Waals surface area contributed by atoms with E-state index in [4.69, 9.17) is 23.2 Å². The number of hydrogen-bond donors (Lipinski definition) is 1. The number of nitrogens with zero attached hydrogens (tertiary/aromatic N) is 2. The molecule has 7 heteroatoms. The number of amides is 1. The SMILES string of the molecule is O=C(Cc1cccc(Cl)c1Cl)N1CCc2nc[nH]c(=O)c2C1. The number of carbonyl (C=O) groups is 1. The number of halogens is 2. The summed E-state index contributed by atoms with van der Waals surface area (Å²) in [5, 5.41) is 0.825. The highest BCUT2D eigenvalue weighted by molar-refractivity contribution is 6.42. The van der Waals surface area contributed by atoms with Crippen molar-refractivity contribution in [3.05, 3.63) is 61.7 Å². The van der Waals surface area contributed by atoms with E-state index in [9.17, 15) is 9.59 Å². The van der Waals surface area contributed by atoms with E-state index in [0.717, 1.165) is 5.69 Å². The first-order valence-electron chi connectivity index (χ1n) is 6.82. The number of aromatic amines is 1. The quantitative estimate of drug-likeness (QED) is 0.913. The Labute approximate surface area is 136 Å². The van der Waals surface area contributed by atoms with Crippen LogP contribution in [0, 0.1) is 0 Å². The van der Waals surface area contributed by atoms with Gasteiger partial charge in [0.05, 0.1) is 40.6 Å². The lowest BCUT2D eigenvalue weighted by Crippen LogP contribution is -2.40. The lowest BCUT2D eigenvalue weighted by atomic mass is 10.1. The molecule has 0 radical (unpaired) electrons. The molecule has 1 aromatic carbocycles. The van der Waals surface area contributed by atoms with Crippen LogP contribution in [0.2, 0.25) is 10.0 Å². The van der Waals surface area contributed by atoms with Crippen molar-refractivity contribution in [3.63, 3.8) is 0 Å². The van der Waals surface area contributed by atoms with Gasteiger partial charge < -0.3 is 9.88 Å². The number of carbonyl (C=O) groups excluding carboxylic acids is 1. The molecule has 0 atom stereocenters. The maximum atomic E-state index is 12.4. The maximum Gasteiger partial charge on any atom is 0.255 e. The second-order valence-electron chi connectivity index (χ2n) is 5.11. The molecule has 0 unspecified atom stereocenters. The Balaban J connectivity index is 1.78. The van der Waals surface area contributed by atoms with Crippen molar-refractivity contribution in [2.45, 2.75) is 19.4 Å². The van der Waals surface area contributed by atoms with Crippen LogP contribution in [0.4, 0.5) is 0 Å². The van der Waals surface area contributed by atoms with Crippen LogP contribution in [-0.2, 0) is 24.2 Å². The Kier molecular flexibility index (Phi) is 4.18. The lowest BCUT2D eigenvalue weighted by molar-refractivity contribution is -0.131. The Morgan fingerprint density at radius 2 is 2.18 bits per heavy atom.